The number of hydrogen-bond donors (Lipinski definition) is 1. The van der Waals surface area contributed by atoms with Gasteiger partial charge in [-0.05, 0) is 24.6 Å². The molecular formula is C23H23NO5. The molecule has 0 bridgehead atoms. The molecule has 3 rings (SSSR count). The number of likely N-dealkylation sites (tertiary alicyclic amines) is 1. The number of carbonyl (C=O) groups excluding carboxylic acids is 2. The summed E-state index contributed by atoms with van der Waals surface area (Å²) in [6.45, 7) is 5.77. The summed E-state index contributed by atoms with van der Waals surface area (Å²) in [5, 5.41) is 10.9. The number of ether oxygens (including phenoxy) is 2. The van der Waals surface area contributed by atoms with E-state index < -0.39 is 17.7 Å². The maximum Gasteiger partial charge on any atom is 0.295 e. The maximum atomic E-state index is 12.8. The van der Waals surface area contributed by atoms with E-state index in [2.05, 4.69) is 6.58 Å². The number of hydrogen-bond acceptors (Lipinski definition) is 5. The molecule has 1 N–H and O–H groups in total. The van der Waals surface area contributed by atoms with Crippen LogP contribution in [0.1, 0.15) is 22.7 Å². The average molecular weight is 393 g/mol. The van der Waals surface area contributed by atoms with Gasteiger partial charge in [-0.15, -0.1) is 6.58 Å². The first kappa shape index (κ1) is 20.2. The van der Waals surface area contributed by atoms with Gasteiger partial charge in [0.25, 0.3) is 11.7 Å². The molecule has 0 saturated carbocycles. The van der Waals surface area contributed by atoms with E-state index in [0.29, 0.717) is 22.6 Å². The maximum absolute atomic E-state index is 12.8. The second-order valence-corrected chi connectivity index (χ2v) is 6.72. The number of aryl methyl sites for hydroxylation is 1. The molecule has 0 spiro atoms. The lowest BCUT2D eigenvalue weighted by molar-refractivity contribution is -0.139. The number of methoxy groups -OCH3 is 2. The van der Waals surface area contributed by atoms with Crippen LogP contribution in [-0.2, 0) is 9.59 Å². The van der Waals surface area contributed by atoms with E-state index in [1.54, 1.807) is 36.4 Å². The number of benzene rings is 2. The average Bonchev–Trinajstić information content (AvgIpc) is 2.98. The molecule has 0 aliphatic carbocycles. The molecule has 1 fully saturated rings. The smallest absolute Gasteiger partial charge is 0.295 e. The summed E-state index contributed by atoms with van der Waals surface area (Å²) >= 11 is 0. The molecule has 6 heteroatoms. The van der Waals surface area contributed by atoms with Crippen LogP contribution in [0, 0.1) is 6.92 Å². The molecule has 1 saturated heterocycles. The predicted molar refractivity (Wildman–Crippen MR) is 110 cm³/mol. The Bertz CT molecular complexity index is 991. The molecule has 150 valence electrons. The van der Waals surface area contributed by atoms with E-state index in [-0.39, 0.29) is 17.9 Å². The molecule has 1 heterocycles. The molecular weight excluding hydrogens is 370 g/mol. The highest BCUT2D eigenvalue weighted by atomic mass is 16.5. The van der Waals surface area contributed by atoms with Gasteiger partial charge in [-0.25, -0.2) is 0 Å². The highest BCUT2D eigenvalue weighted by Crippen LogP contribution is 2.41. The molecule has 1 atom stereocenters. The van der Waals surface area contributed by atoms with Crippen molar-refractivity contribution >= 4 is 17.4 Å². The van der Waals surface area contributed by atoms with Crippen LogP contribution < -0.4 is 9.47 Å². The highest BCUT2D eigenvalue weighted by Gasteiger charge is 2.45. The summed E-state index contributed by atoms with van der Waals surface area (Å²) in [5.41, 5.74) is 2.15. The minimum absolute atomic E-state index is 0.0351. The summed E-state index contributed by atoms with van der Waals surface area (Å²) < 4.78 is 10.6. The second kappa shape index (κ2) is 8.22. The molecule has 2 aromatic carbocycles. The van der Waals surface area contributed by atoms with Crippen LogP contribution in [0.2, 0.25) is 0 Å². The molecule has 1 unspecified atom stereocenters. The van der Waals surface area contributed by atoms with Crippen LogP contribution in [0.25, 0.3) is 5.76 Å². The van der Waals surface area contributed by atoms with E-state index in [9.17, 15) is 14.7 Å². The minimum Gasteiger partial charge on any atom is -0.507 e. The Kier molecular flexibility index (Phi) is 5.73. The van der Waals surface area contributed by atoms with Crippen LogP contribution in [0.15, 0.2) is 60.7 Å². The fourth-order valence-corrected chi connectivity index (χ4v) is 3.44. The standard InChI is InChI=1S/C23H23NO5/c1-5-12-24-20(16-10-11-17(28-3)18(13-16)29-4)19(22(26)23(24)27)21(25)15-8-6-14(2)7-9-15/h5-11,13,20,25H,1,12H2,2-4H3/b21-19+. The van der Waals surface area contributed by atoms with E-state index in [0.717, 1.165) is 5.56 Å². The highest BCUT2D eigenvalue weighted by molar-refractivity contribution is 6.46. The normalized spacial score (nSPS) is 18.0. The Hall–Kier alpha value is -3.54. The van der Waals surface area contributed by atoms with Crippen LogP contribution in [0.3, 0.4) is 0 Å². The zero-order chi connectivity index (χ0) is 21.1. The van der Waals surface area contributed by atoms with Gasteiger partial charge in [0.05, 0.1) is 25.8 Å². The Labute approximate surface area is 169 Å². The molecule has 29 heavy (non-hydrogen) atoms. The van der Waals surface area contributed by atoms with Crippen LogP contribution >= 0.6 is 0 Å². The van der Waals surface area contributed by atoms with Gasteiger partial charge in [0, 0.05) is 12.1 Å². The quantitative estimate of drug-likeness (QED) is 0.351. The first-order valence-electron chi connectivity index (χ1n) is 9.11. The van der Waals surface area contributed by atoms with Gasteiger partial charge < -0.3 is 19.5 Å². The van der Waals surface area contributed by atoms with Crippen molar-refractivity contribution in [3.8, 4) is 11.5 Å². The summed E-state index contributed by atoms with van der Waals surface area (Å²) in [6.07, 6.45) is 1.55. The number of rotatable bonds is 6. The van der Waals surface area contributed by atoms with E-state index in [4.69, 9.17) is 9.47 Å². The fourth-order valence-electron chi connectivity index (χ4n) is 3.44. The molecule has 1 aliphatic rings. The minimum atomic E-state index is -0.769. The molecule has 2 aromatic rings. The van der Waals surface area contributed by atoms with Gasteiger partial charge in [-0.1, -0.05) is 42.0 Å². The van der Waals surface area contributed by atoms with Crippen molar-refractivity contribution in [1.82, 2.24) is 4.90 Å². The number of nitrogens with zero attached hydrogens (tertiary/aromatic N) is 1. The van der Waals surface area contributed by atoms with Crippen molar-refractivity contribution in [2.45, 2.75) is 13.0 Å². The number of amides is 1. The van der Waals surface area contributed by atoms with Crippen molar-refractivity contribution in [3.05, 3.63) is 77.4 Å². The topological polar surface area (TPSA) is 76.1 Å². The molecule has 0 aromatic heterocycles. The Balaban J connectivity index is 2.21. The first-order valence-corrected chi connectivity index (χ1v) is 9.11. The molecule has 0 radical (unpaired) electrons. The zero-order valence-corrected chi connectivity index (χ0v) is 16.6. The van der Waals surface area contributed by atoms with Crippen LogP contribution in [0.5, 0.6) is 11.5 Å². The lowest BCUT2D eigenvalue weighted by atomic mass is 9.94. The van der Waals surface area contributed by atoms with Crippen molar-refractivity contribution in [3.63, 3.8) is 0 Å². The Morgan fingerprint density at radius 2 is 1.76 bits per heavy atom. The summed E-state index contributed by atoms with van der Waals surface area (Å²) in [4.78, 5) is 26.9. The van der Waals surface area contributed by atoms with Crippen molar-refractivity contribution < 1.29 is 24.2 Å². The second-order valence-electron chi connectivity index (χ2n) is 6.72. The van der Waals surface area contributed by atoms with E-state index in [1.165, 1.54) is 19.1 Å². The Morgan fingerprint density at radius 3 is 2.34 bits per heavy atom. The largest absolute Gasteiger partial charge is 0.507 e. The summed E-state index contributed by atoms with van der Waals surface area (Å²) in [7, 11) is 3.04. The van der Waals surface area contributed by atoms with Crippen molar-refractivity contribution in [2.24, 2.45) is 0 Å². The van der Waals surface area contributed by atoms with Crippen molar-refractivity contribution in [1.29, 1.82) is 0 Å². The lowest BCUT2D eigenvalue weighted by Crippen LogP contribution is -2.29. The molecule has 6 nitrogen and oxygen atoms in total. The summed E-state index contributed by atoms with van der Waals surface area (Å²) in [5.74, 6) is -0.641. The fraction of sp³-hybridized carbons (Fsp3) is 0.217. The number of aliphatic hydroxyl groups excluding tert-OH is 1. The van der Waals surface area contributed by atoms with Crippen molar-refractivity contribution in [2.75, 3.05) is 20.8 Å². The van der Waals surface area contributed by atoms with Crippen LogP contribution in [0.4, 0.5) is 0 Å². The van der Waals surface area contributed by atoms with E-state index >= 15 is 0 Å². The predicted octanol–water partition coefficient (Wildman–Crippen LogP) is 3.62. The number of carbonyl (C=O) groups is 2. The van der Waals surface area contributed by atoms with Gasteiger partial charge in [0.15, 0.2) is 11.5 Å². The van der Waals surface area contributed by atoms with E-state index in [1.807, 2.05) is 19.1 Å². The third kappa shape index (κ3) is 3.61. The van der Waals surface area contributed by atoms with Gasteiger partial charge in [0.2, 0.25) is 0 Å². The first-order chi connectivity index (χ1) is 13.9. The van der Waals surface area contributed by atoms with Gasteiger partial charge >= 0.3 is 0 Å². The third-order valence-corrected chi connectivity index (χ3v) is 4.91. The summed E-state index contributed by atoms with van der Waals surface area (Å²) in [6, 6.07) is 11.5. The SMILES string of the molecule is C=CCN1C(=O)C(=O)/C(=C(/O)c2ccc(C)cc2)C1c1ccc(OC)c(OC)c1. The zero-order valence-electron chi connectivity index (χ0n) is 16.6. The van der Waals surface area contributed by atoms with Gasteiger partial charge in [-0.3, -0.25) is 9.59 Å². The lowest BCUT2D eigenvalue weighted by Gasteiger charge is -2.24. The number of Topliss-reactive ketones (excluding diaryl/α,β-unsaturated/α-hetero) is 1. The molecule has 1 aliphatic heterocycles. The van der Waals surface area contributed by atoms with Crippen LogP contribution in [-0.4, -0.2) is 42.5 Å². The van der Waals surface area contributed by atoms with Gasteiger partial charge in [-0.2, -0.15) is 0 Å². The van der Waals surface area contributed by atoms with Gasteiger partial charge in [0.1, 0.15) is 5.76 Å². The number of ketones is 1. The number of aliphatic hydroxyl groups is 1. The monoisotopic (exact) mass is 393 g/mol. The third-order valence-electron chi connectivity index (χ3n) is 4.91. The Morgan fingerprint density at radius 1 is 1.10 bits per heavy atom. The molecule has 1 amide bonds.